The predicted octanol–water partition coefficient (Wildman–Crippen LogP) is -4.92. The molecule has 0 aliphatic heterocycles. The average Bonchev–Trinajstić information content (AvgIpc) is 2.14. The maximum atomic E-state index is 10.4. The lowest BCUT2D eigenvalue weighted by Crippen LogP contribution is -2.67. The third kappa shape index (κ3) is 2.87. The van der Waals surface area contributed by atoms with Gasteiger partial charge in [0, 0.05) is 9.85 Å². The Hall–Kier alpha value is -1.44. The van der Waals surface area contributed by atoms with E-state index in [1.807, 2.05) is 0 Å². The molecule has 1 rings (SSSR count). The van der Waals surface area contributed by atoms with Crippen LogP contribution in [0.2, 0.25) is 0 Å². The zero-order chi connectivity index (χ0) is 12.6. The number of hydrogen-bond donors (Lipinski definition) is 4. The fourth-order valence-electron chi connectivity index (χ4n) is 1.71. The second kappa shape index (κ2) is 6.48. The van der Waals surface area contributed by atoms with Gasteiger partial charge in [-0.05, 0) is 0 Å². The first-order valence-corrected chi connectivity index (χ1v) is 4.28. The van der Waals surface area contributed by atoms with Crippen LogP contribution in [0.1, 0.15) is 0 Å². The smallest absolute Gasteiger partial charge is 0.269 e. The summed E-state index contributed by atoms with van der Waals surface area (Å²) in [6.45, 7) is 0. The highest BCUT2D eigenvalue weighted by atomic mass is 16.6. The molecule has 0 aromatic carbocycles. The maximum absolute atomic E-state index is 10.4. The highest BCUT2D eigenvalue weighted by Gasteiger charge is 2.60. The molecule has 0 heterocycles. The standard InChI is InChI=1S/C6H10N2O8.2H2O/c9-3-1(7(13)14)4(10)6(12)2(5(3)11)8(15)16;;/h1-6,9-12H;2*1H2. The molecule has 4 atom stereocenters. The van der Waals surface area contributed by atoms with Gasteiger partial charge in [0.25, 0.3) is 12.1 Å². The Morgan fingerprint density at radius 2 is 0.833 bits per heavy atom. The number of nitro groups is 2. The Morgan fingerprint density at radius 1 is 0.667 bits per heavy atom. The second-order valence-electron chi connectivity index (χ2n) is 3.51. The predicted molar refractivity (Wildman–Crippen MR) is 52.8 cm³/mol. The van der Waals surface area contributed by atoms with Crippen LogP contribution in [0.3, 0.4) is 0 Å². The summed E-state index contributed by atoms with van der Waals surface area (Å²) < 4.78 is 0. The quantitative estimate of drug-likeness (QED) is 0.280. The van der Waals surface area contributed by atoms with Crippen LogP contribution in [0.15, 0.2) is 0 Å². The van der Waals surface area contributed by atoms with Crippen LogP contribution >= 0.6 is 0 Å². The average molecular weight is 274 g/mol. The van der Waals surface area contributed by atoms with E-state index in [1.54, 1.807) is 0 Å². The van der Waals surface area contributed by atoms with E-state index in [1.165, 1.54) is 0 Å². The van der Waals surface area contributed by atoms with Gasteiger partial charge in [0.05, 0.1) is 0 Å². The molecule has 0 bridgehead atoms. The SMILES string of the molecule is O.O.O=[N+]([O-])C1C(O)C(O)C([N+](=O)[O-])C(O)C1O. The molecule has 1 saturated carbocycles. The normalized spacial score (nSPS) is 39.1. The van der Waals surface area contributed by atoms with E-state index < -0.39 is 46.3 Å². The molecule has 108 valence electrons. The van der Waals surface area contributed by atoms with Crippen molar-refractivity contribution in [3.8, 4) is 0 Å². The van der Waals surface area contributed by atoms with E-state index in [9.17, 15) is 40.7 Å². The summed E-state index contributed by atoms with van der Waals surface area (Å²) in [5.74, 6) is 0. The minimum Gasteiger partial charge on any atom is -0.412 e. The number of nitrogens with zero attached hydrogens (tertiary/aromatic N) is 2. The second-order valence-corrected chi connectivity index (χ2v) is 3.51. The van der Waals surface area contributed by atoms with Crippen molar-refractivity contribution in [1.82, 2.24) is 0 Å². The summed E-state index contributed by atoms with van der Waals surface area (Å²) in [7, 11) is 0. The van der Waals surface area contributed by atoms with E-state index in [0.717, 1.165) is 0 Å². The third-order valence-corrected chi connectivity index (χ3v) is 2.59. The summed E-state index contributed by atoms with van der Waals surface area (Å²) >= 11 is 0. The minimum atomic E-state index is -2.11. The van der Waals surface area contributed by atoms with Gasteiger partial charge in [0.15, 0.2) is 24.4 Å². The Bertz CT molecular complexity index is 265. The first-order chi connectivity index (χ1) is 7.29. The molecule has 4 unspecified atom stereocenters. The van der Waals surface area contributed by atoms with Crippen LogP contribution in [-0.2, 0) is 0 Å². The fraction of sp³-hybridized carbons (Fsp3) is 1.00. The Labute approximate surface area is 99.0 Å². The van der Waals surface area contributed by atoms with Crippen LogP contribution in [-0.4, -0.2) is 77.7 Å². The fourth-order valence-corrected chi connectivity index (χ4v) is 1.71. The minimum absolute atomic E-state index is 0. The van der Waals surface area contributed by atoms with Gasteiger partial charge in [-0.1, -0.05) is 0 Å². The molecule has 0 amide bonds. The number of rotatable bonds is 2. The van der Waals surface area contributed by atoms with Crippen molar-refractivity contribution in [2.24, 2.45) is 0 Å². The van der Waals surface area contributed by atoms with E-state index in [0.29, 0.717) is 0 Å². The highest BCUT2D eigenvalue weighted by molar-refractivity contribution is 4.99. The topological polar surface area (TPSA) is 230 Å². The van der Waals surface area contributed by atoms with Crippen molar-refractivity contribution >= 4 is 0 Å². The van der Waals surface area contributed by atoms with E-state index >= 15 is 0 Å². The molecular formula is C6H14N2O10. The molecular weight excluding hydrogens is 260 g/mol. The van der Waals surface area contributed by atoms with Crippen LogP contribution in [0.5, 0.6) is 0 Å². The molecule has 12 nitrogen and oxygen atoms in total. The molecule has 1 aliphatic carbocycles. The Kier molecular flexibility index (Phi) is 6.81. The van der Waals surface area contributed by atoms with Crippen molar-refractivity contribution in [1.29, 1.82) is 0 Å². The molecule has 0 aromatic rings. The van der Waals surface area contributed by atoms with E-state index in [-0.39, 0.29) is 11.0 Å². The molecule has 0 saturated heterocycles. The molecule has 8 N–H and O–H groups in total. The molecule has 12 heteroatoms. The van der Waals surface area contributed by atoms with E-state index in [4.69, 9.17) is 0 Å². The largest absolute Gasteiger partial charge is 0.412 e. The summed E-state index contributed by atoms with van der Waals surface area (Å²) in [5, 5.41) is 57.9. The van der Waals surface area contributed by atoms with Gasteiger partial charge in [-0.3, -0.25) is 20.2 Å². The van der Waals surface area contributed by atoms with Gasteiger partial charge in [-0.25, -0.2) is 0 Å². The molecule has 0 radical (unpaired) electrons. The molecule has 1 aliphatic rings. The van der Waals surface area contributed by atoms with Gasteiger partial charge in [0.1, 0.15) is 0 Å². The van der Waals surface area contributed by atoms with Crippen molar-refractivity contribution in [2.45, 2.75) is 36.5 Å². The molecule has 0 spiro atoms. The van der Waals surface area contributed by atoms with E-state index in [2.05, 4.69) is 0 Å². The number of hydrogen-bond acceptors (Lipinski definition) is 8. The van der Waals surface area contributed by atoms with Crippen LogP contribution < -0.4 is 0 Å². The Morgan fingerprint density at radius 3 is 0.944 bits per heavy atom. The molecule has 0 aromatic heterocycles. The van der Waals surface area contributed by atoms with Crippen LogP contribution in [0, 0.1) is 20.2 Å². The van der Waals surface area contributed by atoms with Crippen LogP contribution in [0.25, 0.3) is 0 Å². The monoisotopic (exact) mass is 274 g/mol. The zero-order valence-electron chi connectivity index (χ0n) is 8.78. The van der Waals surface area contributed by atoms with Gasteiger partial charge in [-0.15, -0.1) is 0 Å². The van der Waals surface area contributed by atoms with Gasteiger partial charge < -0.3 is 31.4 Å². The van der Waals surface area contributed by atoms with Crippen molar-refractivity contribution in [2.75, 3.05) is 0 Å². The number of aliphatic hydroxyl groups is 4. The lowest BCUT2D eigenvalue weighted by atomic mass is 9.82. The number of aliphatic hydroxyl groups excluding tert-OH is 4. The summed E-state index contributed by atoms with van der Waals surface area (Å²) in [6.07, 6.45) is -8.43. The lowest BCUT2D eigenvalue weighted by molar-refractivity contribution is -0.595. The first kappa shape index (κ1) is 18.9. The highest BCUT2D eigenvalue weighted by Crippen LogP contribution is 2.24. The van der Waals surface area contributed by atoms with Crippen molar-refractivity contribution in [3.05, 3.63) is 20.2 Å². The van der Waals surface area contributed by atoms with Crippen molar-refractivity contribution < 1.29 is 41.2 Å². The van der Waals surface area contributed by atoms with Crippen molar-refractivity contribution in [3.63, 3.8) is 0 Å². The molecule has 1 fully saturated rings. The lowest BCUT2D eigenvalue weighted by Gasteiger charge is -2.35. The van der Waals surface area contributed by atoms with Gasteiger partial charge >= 0.3 is 0 Å². The first-order valence-electron chi connectivity index (χ1n) is 4.28. The van der Waals surface area contributed by atoms with Crippen LogP contribution in [0.4, 0.5) is 0 Å². The molecule has 18 heavy (non-hydrogen) atoms. The zero-order valence-corrected chi connectivity index (χ0v) is 8.78. The Balaban J connectivity index is 0. The summed E-state index contributed by atoms with van der Waals surface area (Å²) in [4.78, 5) is 18.7. The summed E-state index contributed by atoms with van der Waals surface area (Å²) in [5.41, 5.74) is 0. The van der Waals surface area contributed by atoms with Gasteiger partial charge in [-0.2, -0.15) is 0 Å². The summed E-state index contributed by atoms with van der Waals surface area (Å²) in [6, 6.07) is -4.11. The maximum Gasteiger partial charge on any atom is 0.269 e. The van der Waals surface area contributed by atoms with Gasteiger partial charge in [0.2, 0.25) is 0 Å². The third-order valence-electron chi connectivity index (χ3n) is 2.59.